The number of hydrogen-bond acceptors (Lipinski definition) is 3. The molecular weight excluding hydrogens is 252 g/mol. The lowest BCUT2D eigenvalue weighted by atomic mass is 9.99. The summed E-state index contributed by atoms with van der Waals surface area (Å²) in [5.41, 5.74) is 1.89. The van der Waals surface area contributed by atoms with E-state index in [2.05, 4.69) is 0 Å². The molecule has 0 spiro atoms. The van der Waals surface area contributed by atoms with Gasteiger partial charge in [-0.05, 0) is 26.2 Å². The number of esters is 1. The minimum Gasteiger partial charge on any atom is -0.463 e. The van der Waals surface area contributed by atoms with E-state index < -0.39 is 0 Å². The van der Waals surface area contributed by atoms with E-state index in [0.29, 0.717) is 13.0 Å². The number of ketones is 1. The molecule has 0 radical (unpaired) electrons. The lowest BCUT2D eigenvalue weighted by Crippen LogP contribution is -2.03. The first-order chi connectivity index (χ1) is 9.52. The summed E-state index contributed by atoms with van der Waals surface area (Å²) in [6.07, 6.45) is 4.44. The highest BCUT2D eigenvalue weighted by Gasteiger charge is 2.07. The second-order valence-electron chi connectivity index (χ2n) is 4.92. The van der Waals surface area contributed by atoms with E-state index in [9.17, 15) is 9.59 Å². The Morgan fingerprint density at radius 1 is 1.25 bits per heavy atom. The van der Waals surface area contributed by atoms with E-state index in [1.807, 2.05) is 38.1 Å². The largest absolute Gasteiger partial charge is 0.463 e. The van der Waals surface area contributed by atoms with Crippen LogP contribution in [-0.4, -0.2) is 18.4 Å². The van der Waals surface area contributed by atoms with Gasteiger partial charge in [0.15, 0.2) is 5.78 Å². The van der Waals surface area contributed by atoms with Gasteiger partial charge in [0.25, 0.3) is 0 Å². The maximum Gasteiger partial charge on any atom is 0.330 e. The van der Waals surface area contributed by atoms with E-state index in [1.165, 1.54) is 6.08 Å². The number of hydrogen-bond donors (Lipinski definition) is 0. The number of allylic oxidation sites excluding steroid dienone is 1. The number of aryl methyl sites for hydroxylation is 1. The van der Waals surface area contributed by atoms with Crippen LogP contribution in [0.15, 0.2) is 36.4 Å². The SMILES string of the molecule is CCOC(=O)/C=C/[C@H](C)CCC(=O)c1ccc(C)cc1. The van der Waals surface area contributed by atoms with Crippen LogP contribution in [0.4, 0.5) is 0 Å². The Morgan fingerprint density at radius 2 is 1.90 bits per heavy atom. The van der Waals surface area contributed by atoms with Crippen molar-refractivity contribution < 1.29 is 14.3 Å². The highest BCUT2D eigenvalue weighted by atomic mass is 16.5. The normalized spacial score (nSPS) is 12.3. The predicted octanol–water partition coefficient (Wildman–Crippen LogP) is 3.71. The minimum atomic E-state index is -0.329. The van der Waals surface area contributed by atoms with Crippen LogP contribution in [0.3, 0.4) is 0 Å². The smallest absolute Gasteiger partial charge is 0.330 e. The second kappa shape index (κ2) is 8.31. The summed E-state index contributed by atoms with van der Waals surface area (Å²) in [6, 6.07) is 7.60. The van der Waals surface area contributed by atoms with Gasteiger partial charge in [0.1, 0.15) is 0 Å². The van der Waals surface area contributed by atoms with Crippen molar-refractivity contribution in [2.45, 2.75) is 33.6 Å². The number of carbonyl (C=O) groups excluding carboxylic acids is 2. The number of ether oxygens (including phenoxy) is 1. The van der Waals surface area contributed by atoms with Crippen molar-refractivity contribution >= 4 is 11.8 Å². The monoisotopic (exact) mass is 274 g/mol. The Bertz CT molecular complexity index is 472. The molecule has 3 heteroatoms. The summed E-state index contributed by atoms with van der Waals surface area (Å²) in [4.78, 5) is 23.1. The number of Topliss-reactive ketones (excluding diaryl/α,β-unsaturated/α-hetero) is 1. The molecule has 0 saturated heterocycles. The third kappa shape index (κ3) is 5.83. The first-order valence-corrected chi connectivity index (χ1v) is 6.97. The van der Waals surface area contributed by atoms with Gasteiger partial charge >= 0.3 is 5.97 Å². The maximum absolute atomic E-state index is 12.0. The Morgan fingerprint density at radius 3 is 2.50 bits per heavy atom. The van der Waals surface area contributed by atoms with Crippen molar-refractivity contribution in [3.05, 3.63) is 47.5 Å². The maximum atomic E-state index is 12.0. The summed E-state index contributed by atoms with van der Waals surface area (Å²) < 4.78 is 4.81. The molecule has 0 N–H and O–H groups in total. The molecule has 1 aromatic rings. The number of benzene rings is 1. The van der Waals surface area contributed by atoms with Crippen molar-refractivity contribution in [1.29, 1.82) is 0 Å². The van der Waals surface area contributed by atoms with Crippen LogP contribution < -0.4 is 0 Å². The van der Waals surface area contributed by atoms with Crippen LogP contribution >= 0.6 is 0 Å². The van der Waals surface area contributed by atoms with Gasteiger partial charge in [-0.25, -0.2) is 4.79 Å². The highest BCUT2D eigenvalue weighted by molar-refractivity contribution is 5.96. The van der Waals surface area contributed by atoms with Crippen molar-refractivity contribution in [3.63, 3.8) is 0 Å². The molecule has 0 amide bonds. The molecule has 0 aromatic heterocycles. The van der Waals surface area contributed by atoms with Crippen molar-refractivity contribution in [1.82, 2.24) is 0 Å². The Labute approximate surface area is 120 Å². The molecule has 1 rings (SSSR count). The Hall–Kier alpha value is -1.90. The number of rotatable bonds is 7. The van der Waals surface area contributed by atoms with Gasteiger partial charge in [0.05, 0.1) is 6.61 Å². The van der Waals surface area contributed by atoms with Gasteiger partial charge < -0.3 is 4.74 Å². The fraction of sp³-hybridized carbons (Fsp3) is 0.412. The first kappa shape index (κ1) is 16.2. The van der Waals surface area contributed by atoms with Crippen LogP contribution in [0.25, 0.3) is 0 Å². The fourth-order valence-corrected chi connectivity index (χ4v) is 1.77. The summed E-state index contributed by atoms with van der Waals surface area (Å²) >= 11 is 0. The molecule has 0 aliphatic heterocycles. The summed E-state index contributed by atoms with van der Waals surface area (Å²) in [6.45, 7) is 6.13. The van der Waals surface area contributed by atoms with E-state index >= 15 is 0 Å². The van der Waals surface area contributed by atoms with Crippen LogP contribution in [0.1, 0.15) is 42.6 Å². The molecule has 0 unspecified atom stereocenters. The van der Waals surface area contributed by atoms with Crippen LogP contribution in [0.5, 0.6) is 0 Å². The molecule has 3 nitrogen and oxygen atoms in total. The Balaban J connectivity index is 2.40. The van der Waals surface area contributed by atoms with E-state index in [1.54, 1.807) is 13.0 Å². The summed E-state index contributed by atoms with van der Waals surface area (Å²) in [5, 5.41) is 0. The van der Waals surface area contributed by atoms with Crippen molar-refractivity contribution in [2.75, 3.05) is 6.61 Å². The lowest BCUT2D eigenvalue weighted by Gasteiger charge is -2.06. The van der Waals surface area contributed by atoms with Gasteiger partial charge in [-0.1, -0.05) is 42.8 Å². The van der Waals surface area contributed by atoms with Crippen LogP contribution in [-0.2, 0) is 9.53 Å². The van der Waals surface area contributed by atoms with E-state index in [4.69, 9.17) is 4.74 Å². The standard InChI is InChI=1S/C17H22O3/c1-4-20-17(19)12-8-14(3)7-11-16(18)15-9-5-13(2)6-10-15/h5-6,8-10,12,14H,4,7,11H2,1-3H3/b12-8+/t14-/m1/s1. The van der Waals surface area contributed by atoms with Gasteiger partial charge in [-0.15, -0.1) is 0 Å². The zero-order valence-electron chi connectivity index (χ0n) is 12.4. The predicted molar refractivity (Wildman–Crippen MR) is 79.7 cm³/mol. The first-order valence-electron chi connectivity index (χ1n) is 6.97. The zero-order valence-corrected chi connectivity index (χ0v) is 12.4. The summed E-state index contributed by atoms with van der Waals surface area (Å²) in [7, 11) is 0. The van der Waals surface area contributed by atoms with Crippen molar-refractivity contribution in [3.8, 4) is 0 Å². The van der Waals surface area contributed by atoms with Gasteiger partial charge in [0, 0.05) is 18.1 Å². The molecule has 0 fully saturated rings. The molecule has 0 bridgehead atoms. The average Bonchev–Trinajstić information content (AvgIpc) is 2.43. The topological polar surface area (TPSA) is 43.4 Å². The molecule has 108 valence electrons. The van der Waals surface area contributed by atoms with Crippen molar-refractivity contribution in [2.24, 2.45) is 5.92 Å². The molecule has 0 heterocycles. The number of carbonyl (C=O) groups is 2. The third-order valence-electron chi connectivity index (χ3n) is 3.05. The summed E-state index contributed by atoms with van der Waals surface area (Å²) in [5.74, 6) is -0.0144. The second-order valence-corrected chi connectivity index (χ2v) is 4.92. The van der Waals surface area contributed by atoms with Gasteiger partial charge in [-0.3, -0.25) is 4.79 Å². The molecule has 0 aliphatic rings. The van der Waals surface area contributed by atoms with Crippen LogP contribution in [0, 0.1) is 12.8 Å². The molecule has 0 saturated carbocycles. The quantitative estimate of drug-likeness (QED) is 0.432. The third-order valence-corrected chi connectivity index (χ3v) is 3.05. The Kier molecular flexibility index (Phi) is 6.71. The van der Waals surface area contributed by atoms with Crippen LogP contribution in [0.2, 0.25) is 0 Å². The molecule has 20 heavy (non-hydrogen) atoms. The zero-order chi connectivity index (χ0) is 15.0. The highest BCUT2D eigenvalue weighted by Crippen LogP contribution is 2.12. The fourth-order valence-electron chi connectivity index (χ4n) is 1.77. The average molecular weight is 274 g/mol. The van der Waals surface area contributed by atoms with Gasteiger partial charge in [-0.2, -0.15) is 0 Å². The van der Waals surface area contributed by atoms with E-state index in [-0.39, 0.29) is 17.7 Å². The van der Waals surface area contributed by atoms with E-state index in [0.717, 1.165) is 17.5 Å². The molecule has 1 atom stereocenters. The minimum absolute atomic E-state index is 0.140. The molecule has 0 aliphatic carbocycles. The molecular formula is C17H22O3. The lowest BCUT2D eigenvalue weighted by molar-refractivity contribution is -0.137. The molecule has 1 aromatic carbocycles. The van der Waals surface area contributed by atoms with Gasteiger partial charge in [0.2, 0.25) is 0 Å².